The third-order valence-corrected chi connectivity index (χ3v) is 5.81. The second kappa shape index (κ2) is 8.09. The van der Waals surface area contributed by atoms with E-state index < -0.39 is 57.3 Å². The van der Waals surface area contributed by atoms with Gasteiger partial charge in [-0.3, -0.25) is 4.68 Å². The van der Waals surface area contributed by atoms with E-state index in [0.717, 1.165) is 10.9 Å². The van der Waals surface area contributed by atoms with E-state index in [-0.39, 0.29) is 25.3 Å². The monoisotopic (exact) mass is 524 g/mol. The third kappa shape index (κ3) is 3.76. The number of benzene rings is 1. The molecule has 0 aliphatic carbocycles. The molecule has 2 atom stereocenters. The normalized spacial score (nSPS) is 17.2. The summed E-state index contributed by atoms with van der Waals surface area (Å²) in [6.07, 6.45) is -7.11. The molecular weight excluding hydrogens is 510 g/mol. The van der Waals surface area contributed by atoms with E-state index in [1.807, 2.05) is 0 Å². The zero-order chi connectivity index (χ0) is 23.4. The minimum absolute atomic E-state index is 0.0136. The highest BCUT2D eigenvalue weighted by Gasteiger charge is 2.39. The average Bonchev–Trinajstić information content (AvgIpc) is 3.35. The lowest BCUT2D eigenvalue weighted by atomic mass is 10.1. The Bertz CT molecular complexity index is 1190. The van der Waals surface area contributed by atoms with Crippen LogP contribution < -0.4 is 0 Å². The lowest BCUT2D eigenvalue weighted by molar-refractivity contribution is -0.146. The van der Waals surface area contributed by atoms with Crippen LogP contribution in [0.2, 0.25) is 0 Å². The smallest absolute Gasteiger partial charge is 0.417 e. The first-order valence-corrected chi connectivity index (χ1v) is 10.2. The molecule has 3 heterocycles. The molecule has 32 heavy (non-hydrogen) atoms. The van der Waals surface area contributed by atoms with Crippen LogP contribution >= 0.6 is 15.9 Å². The minimum atomic E-state index is -4.87. The fraction of sp³-hybridized carbons (Fsp3) is 0.421. The molecule has 0 bridgehead atoms. The van der Waals surface area contributed by atoms with Crippen molar-refractivity contribution in [3.05, 3.63) is 45.6 Å². The fourth-order valence-electron chi connectivity index (χ4n) is 3.84. The van der Waals surface area contributed by atoms with Crippen LogP contribution in [0.4, 0.5) is 26.3 Å². The predicted molar refractivity (Wildman–Crippen MR) is 103 cm³/mol. The number of halogens is 7. The number of alkyl halides is 6. The number of aromatic nitrogens is 4. The van der Waals surface area contributed by atoms with Crippen molar-refractivity contribution in [3.63, 3.8) is 0 Å². The highest BCUT2D eigenvalue weighted by atomic mass is 79.9. The van der Waals surface area contributed by atoms with E-state index in [4.69, 9.17) is 4.74 Å². The van der Waals surface area contributed by atoms with Gasteiger partial charge in [0.05, 0.1) is 36.3 Å². The van der Waals surface area contributed by atoms with Gasteiger partial charge in [0, 0.05) is 28.2 Å². The molecule has 1 aliphatic rings. The van der Waals surface area contributed by atoms with Gasteiger partial charge in [0.25, 0.3) is 6.43 Å². The topological polar surface area (TPSA) is 61.9 Å². The van der Waals surface area contributed by atoms with Gasteiger partial charge in [-0.15, -0.1) is 0 Å². The number of hydrogen-bond donors (Lipinski definition) is 0. The molecule has 172 valence electrons. The van der Waals surface area contributed by atoms with Crippen molar-refractivity contribution in [2.45, 2.75) is 44.7 Å². The number of ether oxygens (including phenoxy) is 1. The number of esters is 1. The van der Waals surface area contributed by atoms with Gasteiger partial charge in [-0.05, 0) is 13.0 Å². The maximum Gasteiger partial charge on any atom is 0.417 e. The van der Waals surface area contributed by atoms with Crippen molar-refractivity contribution in [1.82, 2.24) is 19.3 Å². The molecule has 0 N–H and O–H groups in total. The van der Waals surface area contributed by atoms with E-state index in [0.29, 0.717) is 11.8 Å². The molecule has 0 saturated heterocycles. The van der Waals surface area contributed by atoms with Crippen LogP contribution in [-0.4, -0.2) is 38.1 Å². The van der Waals surface area contributed by atoms with Gasteiger partial charge < -0.3 is 9.30 Å². The van der Waals surface area contributed by atoms with Gasteiger partial charge in [0.1, 0.15) is 11.7 Å². The molecule has 3 aromatic rings. The van der Waals surface area contributed by atoms with E-state index in [2.05, 4.69) is 26.0 Å². The van der Waals surface area contributed by atoms with E-state index in [9.17, 15) is 31.1 Å². The molecule has 2 aromatic heterocycles. The molecule has 0 radical (unpaired) electrons. The molecule has 0 fully saturated rings. The third-order valence-electron chi connectivity index (χ3n) is 5.15. The SMILES string of the molecule is CCOC(=O)C(c1ncn2c1C[C@@H](F)C2)n1cc2c(C(F)(F)F)cc(Br)c(C(F)F)c2n1. The lowest BCUT2D eigenvalue weighted by Gasteiger charge is -2.15. The molecule has 1 aromatic carbocycles. The quantitative estimate of drug-likeness (QED) is 0.348. The number of imidazole rings is 1. The van der Waals surface area contributed by atoms with E-state index in [1.165, 1.54) is 17.8 Å². The summed E-state index contributed by atoms with van der Waals surface area (Å²) < 4.78 is 89.0. The van der Waals surface area contributed by atoms with Crippen molar-refractivity contribution in [2.24, 2.45) is 0 Å². The van der Waals surface area contributed by atoms with Crippen molar-refractivity contribution in [1.29, 1.82) is 0 Å². The molecular formula is C19H15BrF6N4O2. The summed E-state index contributed by atoms with van der Waals surface area (Å²) in [5, 5.41) is 3.33. The van der Waals surface area contributed by atoms with Crippen molar-refractivity contribution < 1.29 is 35.9 Å². The molecule has 1 unspecified atom stereocenters. The Balaban J connectivity index is 1.96. The van der Waals surface area contributed by atoms with Gasteiger partial charge in [-0.2, -0.15) is 18.3 Å². The van der Waals surface area contributed by atoms with Crippen LogP contribution in [0.25, 0.3) is 10.9 Å². The minimum Gasteiger partial charge on any atom is -0.464 e. The highest BCUT2D eigenvalue weighted by Crippen LogP contribution is 2.42. The van der Waals surface area contributed by atoms with Gasteiger partial charge in [0.15, 0.2) is 6.04 Å². The average molecular weight is 525 g/mol. The van der Waals surface area contributed by atoms with Gasteiger partial charge >= 0.3 is 12.1 Å². The first kappa shape index (κ1) is 22.6. The summed E-state index contributed by atoms with van der Waals surface area (Å²) in [5.74, 6) is -0.907. The van der Waals surface area contributed by atoms with Gasteiger partial charge in [0.2, 0.25) is 0 Å². The van der Waals surface area contributed by atoms with Crippen LogP contribution in [0.1, 0.15) is 41.9 Å². The van der Waals surface area contributed by atoms with E-state index in [1.54, 1.807) is 0 Å². The lowest BCUT2D eigenvalue weighted by Crippen LogP contribution is -2.25. The van der Waals surface area contributed by atoms with Crippen molar-refractivity contribution >= 4 is 32.8 Å². The van der Waals surface area contributed by atoms with Crippen LogP contribution in [-0.2, 0) is 28.7 Å². The number of nitrogens with zero attached hydrogens (tertiary/aromatic N) is 4. The Kier molecular flexibility index (Phi) is 5.72. The molecule has 6 nitrogen and oxygen atoms in total. The van der Waals surface area contributed by atoms with Crippen LogP contribution in [0.3, 0.4) is 0 Å². The number of hydrogen-bond acceptors (Lipinski definition) is 4. The Morgan fingerprint density at radius 2 is 2.09 bits per heavy atom. The zero-order valence-electron chi connectivity index (χ0n) is 16.3. The standard InChI is InChI=1S/C19H15BrF6N4O2/c1-2-32-18(31)16(15-12-3-8(21)5-29(12)7-27-15)30-6-9-10(19(24,25)26)4-11(20)13(17(22)23)14(9)28-30/h4,6-8,16-17H,2-3,5H2,1H3/t8-,16?/m1/s1. The maximum absolute atomic E-state index is 13.9. The Hall–Kier alpha value is -2.57. The summed E-state index contributed by atoms with van der Waals surface area (Å²) in [6.45, 7) is 1.48. The predicted octanol–water partition coefficient (Wildman–Crippen LogP) is 5.00. The Morgan fingerprint density at radius 3 is 2.72 bits per heavy atom. The summed E-state index contributed by atoms with van der Waals surface area (Å²) in [4.78, 5) is 16.9. The second-order valence-corrected chi connectivity index (χ2v) is 8.03. The first-order chi connectivity index (χ1) is 15.0. The van der Waals surface area contributed by atoms with Crippen LogP contribution in [0.15, 0.2) is 23.1 Å². The second-order valence-electron chi connectivity index (χ2n) is 7.17. The Labute approximate surface area is 185 Å². The largest absolute Gasteiger partial charge is 0.464 e. The van der Waals surface area contributed by atoms with Crippen molar-refractivity contribution in [3.8, 4) is 0 Å². The number of carbonyl (C=O) groups excluding carboxylic acids is 1. The van der Waals surface area contributed by atoms with Crippen molar-refractivity contribution in [2.75, 3.05) is 6.61 Å². The van der Waals surface area contributed by atoms with Crippen LogP contribution in [0.5, 0.6) is 0 Å². The molecule has 0 amide bonds. The highest BCUT2D eigenvalue weighted by molar-refractivity contribution is 9.10. The summed E-state index contributed by atoms with van der Waals surface area (Å²) in [7, 11) is 0. The number of rotatable bonds is 5. The Morgan fingerprint density at radius 1 is 1.38 bits per heavy atom. The molecule has 1 aliphatic heterocycles. The molecule has 4 rings (SSSR count). The molecule has 0 spiro atoms. The van der Waals surface area contributed by atoms with Gasteiger partial charge in [-0.1, -0.05) is 15.9 Å². The van der Waals surface area contributed by atoms with Gasteiger partial charge in [-0.25, -0.2) is 22.9 Å². The number of fused-ring (bicyclic) bond motifs is 2. The molecule has 0 saturated carbocycles. The summed E-state index contributed by atoms with van der Waals surface area (Å²) in [6, 6.07) is -0.925. The zero-order valence-corrected chi connectivity index (χ0v) is 17.9. The van der Waals surface area contributed by atoms with E-state index >= 15 is 0 Å². The fourth-order valence-corrected chi connectivity index (χ4v) is 4.43. The number of carbonyl (C=O) groups is 1. The summed E-state index contributed by atoms with van der Waals surface area (Å²) in [5.41, 5.74) is -2.15. The first-order valence-electron chi connectivity index (χ1n) is 9.44. The van der Waals surface area contributed by atoms with Crippen LogP contribution in [0, 0.1) is 0 Å². The maximum atomic E-state index is 13.9. The molecule has 13 heteroatoms. The summed E-state index contributed by atoms with van der Waals surface area (Å²) >= 11 is 2.77.